The van der Waals surface area contributed by atoms with Crippen LogP contribution in [0.2, 0.25) is 0 Å². The average Bonchev–Trinajstić information content (AvgIpc) is 3.01. The second-order valence-corrected chi connectivity index (χ2v) is 11.8. The number of aryl methyl sites for hydroxylation is 1. The number of halogens is 3. The summed E-state index contributed by atoms with van der Waals surface area (Å²) in [7, 11) is 5.03. The van der Waals surface area contributed by atoms with E-state index in [2.05, 4.69) is 37.9 Å². The van der Waals surface area contributed by atoms with Crippen LogP contribution in [0.15, 0.2) is 24.4 Å². The number of anilines is 2. The molecule has 3 N–H and O–H groups in total. The van der Waals surface area contributed by atoms with Gasteiger partial charge in [-0.1, -0.05) is 19.3 Å². The fraction of sp³-hybridized carbons (Fsp3) is 0.613. The van der Waals surface area contributed by atoms with E-state index < -0.39 is 17.8 Å². The van der Waals surface area contributed by atoms with Crippen molar-refractivity contribution in [1.29, 1.82) is 0 Å². The molecule has 1 aliphatic heterocycles. The van der Waals surface area contributed by atoms with Crippen molar-refractivity contribution >= 4 is 23.6 Å². The second kappa shape index (κ2) is 15.4. The number of carbonyl (C=O) groups is 2. The zero-order valence-corrected chi connectivity index (χ0v) is 25.6. The van der Waals surface area contributed by atoms with Gasteiger partial charge >= 0.3 is 12.3 Å². The van der Waals surface area contributed by atoms with Crippen LogP contribution in [0.25, 0.3) is 0 Å². The van der Waals surface area contributed by atoms with Gasteiger partial charge in [0.1, 0.15) is 5.75 Å². The van der Waals surface area contributed by atoms with Gasteiger partial charge in [-0.2, -0.15) is 13.2 Å². The van der Waals surface area contributed by atoms with Gasteiger partial charge < -0.3 is 30.3 Å². The SMILES string of the molecule is CNC(=O)OCC1CCCC(CCCc2nc(Nc3ccc(C(=O)NC4CCN(C)CC4)cc3OC)ncc2C(F)(F)F)C1. The van der Waals surface area contributed by atoms with Crippen molar-refractivity contribution < 1.29 is 32.2 Å². The van der Waals surface area contributed by atoms with Gasteiger partial charge in [0, 0.05) is 24.8 Å². The summed E-state index contributed by atoms with van der Waals surface area (Å²) in [5, 5.41) is 8.48. The van der Waals surface area contributed by atoms with Gasteiger partial charge in [0.2, 0.25) is 5.95 Å². The Kier molecular flexibility index (Phi) is 11.7. The number of amides is 2. The number of carbonyl (C=O) groups excluding carboxylic acids is 2. The minimum atomic E-state index is -4.58. The summed E-state index contributed by atoms with van der Waals surface area (Å²) in [6.07, 6.45) is 2.83. The maximum atomic E-state index is 13.8. The minimum absolute atomic E-state index is 0.0129. The number of rotatable bonds is 11. The number of nitrogens with one attached hydrogen (secondary N) is 3. The lowest BCUT2D eigenvalue weighted by Crippen LogP contribution is -2.43. The molecule has 2 atom stereocenters. The van der Waals surface area contributed by atoms with Crippen molar-refractivity contribution in [3.05, 3.63) is 41.2 Å². The molecule has 13 heteroatoms. The van der Waals surface area contributed by atoms with E-state index in [1.807, 2.05) is 0 Å². The minimum Gasteiger partial charge on any atom is -0.495 e. The highest BCUT2D eigenvalue weighted by Gasteiger charge is 2.35. The molecule has 44 heavy (non-hydrogen) atoms. The maximum Gasteiger partial charge on any atom is 0.419 e. The zero-order chi connectivity index (χ0) is 31.7. The first-order valence-electron chi connectivity index (χ1n) is 15.3. The zero-order valence-electron chi connectivity index (χ0n) is 25.6. The number of alkyl halides is 3. The lowest BCUT2D eigenvalue weighted by atomic mass is 9.79. The number of hydrogen-bond donors (Lipinski definition) is 3. The van der Waals surface area contributed by atoms with Crippen LogP contribution in [0.1, 0.15) is 73.0 Å². The number of ether oxygens (including phenoxy) is 2. The van der Waals surface area contributed by atoms with Gasteiger partial charge in [0.05, 0.1) is 30.7 Å². The molecule has 4 rings (SSSR count). The lowest BCUT2D eigenvalue weighted by Gasteiger charge is -2.29. The summed E-state index contributed by atoms with van der Waals surface area (Å²) in [5.74, 6) is 0.765. The van der Waals surface area contributed by atoms with E-state index in [1.54, 1.807) is 18.2 Å². The molecule has 1 saturated heterocycles. The van der Waals surface area contributed by atoms with E-state index in [0.717, 1.165) is 64.2 Å². The summed E-state index contributed by atoms with van der Waals surface area (Å²) in [6, 6.07) is 4.96. The van der Waals surface area contributed by atoms with Crippen molar-refractivity contribution in [1.82, 2.24) is 25.5 Å². The predicted octanol–water partition coefficient (Wildman–Crippen LogP) is 5.56. The van der Waals surface area contributed by atoms with Crippen molar-refractivity contribution in [3.8, 4) is 5.75 Å². The van der Waals surface area contributed by atoms with Crippen LogP contribution in [0.5, 0.6) is 5.75 Å². The van der Waals surface area contributed by atoms with Crippen LogP contribution in [0.4, 0.5) is 29.6 Å². The third-order valence-corrected chi connectivity index (χ3v) is 8.51. The first-order valence-corrected chi connectivity index (χ1v) is 15.3. The van der Waals surface area contributed by atoms with Crippen LogP contribution in [-0.2, 0) is 17.3 Å². The van der Waals surface area contributed by atoms with Crippen LogP contribution >= 0.6 is 0 Å². The molecule has 2 fully saturated rings. The molecule has 1 aromatic carbocycles. The molecule has 2 amide bonds. The highest BCUT2D eigenvalue weighted by Crippen LogP contribution is 2.35. The Hall–Kier alpha value is -3.61. The Labute approximate surface area is 256 Å². The smallest absolute Gasteiger partial charge is 0.419 e. The summed E-state index contributed by atoms with van der Waals surface area (Å²) in [6.45, 7) is 2.19. The number of aromatic nitrogens is 2. The highest BCUT2D eigenvalue weighted by atomic mass is 19.4. The third-order valence-electron chi connectivity index (χ3n) is 8.51. The molecule has 2 aromatic rings. The predicted molar refractivity (Wildman–Crippen MR) is 160 cm³/mol. The Bertz CT molecular complexity index is 1270. The molecule has 1 aliphatic carbocycles. The first-order chi connectivity index (χ1) is 21.0. The Morgan fingerprint density at radius 3 is 2.57 bits per heavy atom. The molecule has 0 radical (unpaired) electrons. The van der Waals surface area contributed by atoms with Crippen molar-refractivity contribution in [2.24, 2.45) is 11.8 Å². The molecule has 1 aromatic heterocycles. The van der Waals surface area contributed by atoms with E-state index in [9.17, 15) is 22.8 Å². The Morgan fingerprint density at radius 2 is 1.86 bits per heavy atom. The molecule has 0 spiro atoms. The topological polar surface area (TPSA) is 118 Å². The molecule has 2 heterocycles. The van der Waals surface area contributed by atoms with E-state index in [4.69, 9.17) is 9.47 Å². The molecule has 2 aliphatic rings. The monoisotopic (exact) mass is 620 g/mol. The van der Waals surface area contributed by atoms with Gasteiger partial charge in [0.25, 0.3) is 5.91 Å². The van der Waals surface area contributed by atoms with Crippen LogP contribution in [0, 0.1) is 11.8 Å². The summed E-state index contributed by atoms with van der Waals surface area (Å²) >= 11 is 0. The van der Waals surface area contributed by atoms with Crippen molar-refractivity contribution in [2.45, 2.75) is 70.0 Å². The molecular formula is C31H43F3N6O4. The molecule has 1 saturated carbocycles. The molecular weight excluding hydrogens is 577 g/mol. The summed E-state index contributed by atoms with van der Waals surface area (Å²) < 4.78 is 52.2. The van der Waals surface area contributed by atoms with Gasteiger partial charge in [-0.3, -0.25) is 4.79 Å². The number of likely N-dealkylation sites (tertiary alicyclic amines) is 1. The van der Waals surface area contributed by atoms with E-state index >= 15 is 0 Å². The average molecular weight is 621 g/mol. The standard InChI is InChI=1S/C31H43F3N6O4/c1-35-30(42)44-19-21-8-4-6-20(16-21)7-5-9-25-24(31(32,33)34)18-36-29(38-25)39-26-11-10-22(17-27(26)43-3)28(41)37-23-12-14-40(2)15-13-23/h10-11,17-18,20-21,23H,4-9,12-16,19H2,1-3H3,(H,35,42)(H,37,41)(H,36,38,39). The Morgan fingerprint density at radius 1 is 1.11 bits per heavy atom. The maximum absolute atomic E-state index is 13.8. The van der Waals surface area contributed by atoms with Crippen LogP contribution in [-0.4, -0.2) is 73.8 Å². The first kappa shape index (κ1) is 33.3. The quantitative estimate of drug-likeness (QED) is 0.299. The Balaban J connectivity index is 1.39. The number of nitrogens with zero attached hydrogens (tertiary/aromatic N) is 3. The number of benzene rings is 1. The van der Waals surface area contributed by atoms with Crippen LogP contribution in [0.3, 0.4) is 0 Å². The van der Waals surface area contributed by atoms with Gasteiger partial charge in [-0.05, 0) is 88.7 Å². The fourth-order valence-electron chi connectivity index (χ4n) is 6.02. The lowest BCUT2D eigenvalue weighted by molar-refractivity contribution is -0.138. The van der Waals surface area contributed by atoms with Gasteiger partial charge in [-0.15, -0.1) is 0 Å². The molecule has 2 unspecified atom stereocenters. The number of methoxy groups -OCH3 is 1. The van der Waals surface area contributed by atoms with Gasteiger partial charge in [-0.25, -0.2) is 14.8 Å². The second-order valence-electron chi connectivity index (χ2n) is 11.8. The fourth-order valence-corrected chi connectivity index (χ4v) is 6.02. The summed E-state index contributed by atoms with van der Waals surface area (Å²) in [5.41, 5.74) is -0.0680. The van der Waals surface area contributed by atoms with Crippen LogP contribution < -0.4 is 20.7 Å². The van der Waals surface area contributed by atoms with Crippen molar-refractivity contribution in [2.75, 3.05) is 46.2 Å². The van der Waals surface area contributed by atoms with Crippen molar-refractivity contribution in [3.63, 3.8) is 0 Å². The number of alkyl carbamates (subject to hydrolysis) is 1. The van der Waals surface area contributed by atoms with E-state index in [1.165, 1.54) is 14.2 Å². The molecule has 0 bridgehead atoms. The third kappa shape index (κ3) is 9.44. The van der Waals surface area contributed by atoms with E-state index in [-0.39, 0.29) is 35.9 Å². The normalized spacial score (nSPS) is 19.7. The number of hydrogen-bond acceptors (Lipinski definition) is 8. The summed E-state index contributed by atoms with van der Waals surface area (Å²) in [4.78, 5) is 34.7. The largest absolute Gasteiger partial charge is 0.495 e. The number of piperidine rings is 1. The highest BCUT2D eigenvalue weighted by molar-refractivity contribution is 5.95. The molecule has 242 valence electrons. The van der Waals surface area contributed by atoms with Gasteiger partial charge in [0.15, 0.2) is 0 Å². The molecule has 10 nitrogen and oxygen atoms in total. The van der Waals surface area contributed by atoms with E-state index in [0.29, 0.717) is 35.9 Å².